The Balaban J connectivity index is 1.80. The van der Waals surface area contributed by atoms with Crippen molar-refractivity contribution in [3.05, 3.63) is 93.6 Å². The van der Waals surface area contributed by atoms with Crippen molar-refractivity contribution in [1.82, 2.24) is 0 Å². The van der Waals surface area contributed by atoms with E-state index in [9.17, 15) is 4.79 Å². The van der Waals surface area contributed by atoms with Crippen LogP contribution in [0.25, 0.3) is 6.08 Å². The van der Waals surface area contributed by atoms with E-state index in [1.807, 2.05) is 18.2 Å². The van der Waals surface area contributed by atoms with Gasteiger partial charge in [-0.15, -0.1) is 0 Å². The van der Waals surface area contributed by atoms with Crippen LogP contribution in [0.4, 0.5) is 5.69 Å². The van der Waals surface area contributed by atoms with Gasteiger partial charge in [0.25, 0.3) is 5.91 Å². The first-order chi connectivity index (χ1) is 15.0. The first kappa shape index (κ1) is 21.0. The number of hydrogen-bond acceptors (Lipinski definition) is 4. The Morgan fingerprint density at radius 3 is 2.06 bits per heavy atom. The number of aliphatic imine (C=N–C) groups is 1. The normalized spacial score (nSPS) is 14.7. The summed E-state index contributed by atoms with van der Waals surface area (Å²) in [7, 11) is 3.14. The van der Waals surface area contributed by atoms with Crippen LogP contribution >= 0.6 is 23.2 Å². The highest BCUT2D eigenvalue weighted by Gasteiger charge is 2.32. The van der Waals surface area contributed by atoms with Crippen molar-refractivity contribution < 1.29 is 14.3 Å². The van der Waals surface area contributed by atoms with E-state index in [0.717, 1.165) is 11.1 Å². The van der Waals surface area contributed by atoms with Gasteiger partial charge in [0.1, 0.15) is 11.5 Å². The maximum absolute atomic E-state index is 13.4. The molecule has 0 fully saturated rings. The fraction of sp³-hybridized carbons (Fsp3) is 0.0833. The smallest absolute Gasteiger partial charge is 0.282 e. The minimum absolute atomic E-state index is 0.248. The van der Waals surface area contributed by atoms with Crippen LogP contribution in [0, 0.1) is 0 Å². The van der Waals surface area contributed by atoms with Gasteiger partial charge in [0.05, 0.1) is 19.9 Å². The topological polar surface area (TPSA) is 51.1 Å². The van der Waals surface area contributed by atoms with E-state index in [2.05, 4.69) is 4.99 Å². The second-order valence-corrected chi connectivity index (χ2v) is 7.58. The number of amidine groups is 1. The molecule has 0 radical (unpaired) electrons. The minimum atomic E-state index is -0.248. The number of anilines is 1. The van der Waals surface area contributed by atoms with Crippen molar-refractivity contribution in [2.75, 3.05) is 19.1 Å². The van der Waals surface area contributed by atoms with Crippen LogP contribution in [0.2, 0.25) is 10.0 Å². The van der Waals surface area contributed by atoms with Crippen LogP contribution in [-0.4, -0.2) is 26.0 Å². The fourth-order valence-corrected chi connectivity index (χ4v) is 3.49. The summed E-state index contributed by atoms with van der Waals surface area (Å²) in [5, 5.41) is 1.19. The second kappa shape index (κ2) is 8.84. The minimum Gasteiger partial charge on any atom is -0.493 e. The van der Waals surface area contributed by atoms with Crippen molar-refractivity contribution in [2.45, 2.75) is 0 Å². The largest absolute Gasteiger partial charge is 0.493 e. The van der Waals surface area contributed by atoms with Gasteiger partial charge in [-0.1, -0.05) is 29.3 Å². The number of methoxy groups -OCH3 is 2. The van der Waals surface area contributed by atoms with Crippen LogP contribution in [0.3, 0.4) is 0 Å². The van der Waals surface area contributed by atoms with Crippen molar-refractivity contribution in [2.24, 2.45) is 4.99 Å². The Morgan fingerprint density at radius 2 is 1.45 bits per heavy atom. The highest BCUT2D eigenvalue weighted by molar-refractivity contribution is 6.34. The third-order valence-electron chi connectivity index (χ3n) is 4.76. The molecule has 31 heavy (non-hydrogen) atoms. The molecule has 1 aliphatic heterocycles. The monoisotopic (exact) mass is 452 g/mol. The second-order valence-electron chi connectivity index (χ2n) is 6.70. The van der Waals surface area contributed by atoms with Gasteiger partial charge in [-0.05, 0) is 72.3 Å². The van der Waals surface area contributed by atoms with E-state index in [0.29, 0.717) is 38.8 Å². The number of carbonyl (C=O) groups is 1. The Kier molecular flexibility index (Phi) is 5.98. The molecule has 4 rings (SSSR count). The molecule has 1 heterocycles. The van der Waals surface area contributed by atoms with Gasteiger partial charge < -0.3 is 9.47 Å². The molecule has 1 aliphatic rings. The first-order valence-corrected chi connectivity index (χ1v) is 10.1. The summed E-state index contributed by atoms with van der Waals surface area (Å²) in [4.78, 5) is 19.6. The van der Waals surface area contributed by atoms with E-state index in [1.54, 1.807) is 73.7 Å². The maximum atomic E-state index is 13.4. The number of carbonyl (C=O) groups excluding carboxylic acids is 1. The van der Waals surface area contributed by atoms with E-state index in [4.69, 9.17) is 32.7 Å². The summed E-state index contributed by atoms with van der Waals surface area (Å²) < 4.78 is 10.6. The number of halogens is 2. The Hall–Kier alpha value is -3.28. The standard InChI is InChI=1S/C24H18Cl2N2O3/c1-30-21-12-3-15(14-22(21)31-2)13-20-24(29)28(19-10-8-18(26)9-11-19)23(27-20)16-4-6-17(25)7-5-16/h3-14H,1-2H3/b20-13+. The zero-order valence-electron chi connectivity index (χ0n) is 16.8. The number of rotatable bonds is 5. The van der Waals surface area contributed by atoms with Gasteiger partial charge in [-0.3, -0.25) is 9.69 Å². The van der Waals surface area contributed by atoms with Crippen molar-refractivity contribution in [3.63, 3.8) is 0 Å². The van der Waals surface area contributed by atoms with E-state index in [-0.39, 0.29) is 5.91 Å². The summed E-state index contributed by atoms with van der Waals surface area (Å²) in [5.41, 5.74) is 2.49. The molecule has 156 valence electrons. The van der Waals surface area contributed by atoms with Crippen molar-refractivity contribution in [1.29, 1.82) is 0 Å². The van der Waals surface area contributed by atoms with Gasteiger partial charge in [-0.25, -0.2) is 4.99 Å². The number of benzene rings is 3. The summed E-state index contributed by atoms with van der Waals surface area (Å²) >= 11 is 12.1. The SMILES string of the molecule is COc1ccc(/C=C2/N=C(c3ccc(Cl)cc3)N(c3ccc(Cl)cc3)C2=O)cc1OC. The summed E-state index contributed by atoms with van der Waals surface area (Å²) in [6.45, 7) is 0. The quantitative estimate of drug-likeness (QED) is 0.456. The maximum Gasteiger partial charge on any atom is 0.282 e. The molecule has 0 N–H and O–H groups in total. The number of ether oxygens (including phenoxy) is 2. The Labute approximate surface area is 190 Å². The zero-order valence-corrected chi connectivity index (χ0v) is 18.3. The van der Waals surface area contributed by atoms with Crippen LogP contribution in [0.1, 0.15) is 11.1 Å². The predicted molar refractivity (Wildman–Crippen MR) is 124 cm³/mol. The predicted octanol–water partition coefficient (Wildman–Crippen LogP) is 5.85. The lowest BCUT2D eigenvalue weighted by Gasteiger charge is -2.18. The van der Waals surface area contributed by atoms with Crippen LogP contribution in [0.5, 0.6) is 11.5 Å². The van der Waals surface area contributed by atoms with E-state index >= 15 is 0 Å². The highest BCUT2D eigenvalue weighted by atomic mass is 35.5. The molecule has 3 aromatic rings. The molecule has 5 nitrogen and oxygen atoms in total. The van der Waals surface area contributed by atoms with Crippen LogP contribution in [-0.2, 0) is 4.79 Å². The lowest BCUT2D eigenvalue weighted by molar-refractivity contribution is -0.113. The van der Waals surface area contributed by atoms with Crippen molar-refractivity contribution in [3.8, 4) is 11.5 Å². The number of amides is 1. The lowest BCUT2D eigenvalue weighted by atomic mass is 10.1. The molecule has 0 saturated carbocycles. The molecule has 0 unspecified atom stereocenters. The fourth-order valence-electron chi connectivity index (χ4n) is 3.24. The van der Waals surface area contributed by atoms with Gasteiger partial charge in [0, 0.05) is 15.6 Å². The third kappa shape index (κ3) is 4.29. The molecule has 0 atom stereocenters. The van der Waals surface area contributed by atoms with Gasteiger partial charge in [-0.2, -0.15) is 0 Å². The first-order valence-electron chi connectivity index (χ1n) is 9.38. The van der Waals surface area contributed by atoms with Gasteiger partial charge in [0.2, 0.25) is 0 Å². The zero-order chi connectivity index (χ0) is 22.0. The molecular weight excluding hydrogens is 435 g/mol. The molecule has 1 amide bonds. The number of hydrogen-bond donors (Lipinski definition) is 0. The van der Waals surface area contributed by atoms with E-state index < -0.39 is 0 Å². The van der Waals surface area contributed by atoms with Crippen molar-refractivity contribution >= 4 is 46.7 Å². The molecule has 0 aliphatic carbocycles. The molecule has 7 heteroatoms. The molecular formula is C24H18Cl2N2O3. The average Bonchev–Trinajstić information content (AvgIpc) is 3.10. The summed E-state index contributed by atoms with van der Waals surface area (Å²) in [5.74, 6) is 1.44. The molecule has 3 aromatic carbocycles. The lowest BCUT2D eigenvalue weighted by Crippen LogP contribution is -2.32. The third-order valence-corrected chi connectivity index (χ3v) is 5.26. The van der Waals surface area contributed by atoms with E-state index in [1.165, 1.54) is 0 Å². The average molecular weight is 453 g/mol. The molecule has 0 aromatic heterocycles. The molecule has 0 saturated heterocycles. The number of nitrogens with zero attached hydrogens (tertiary/aromatic N) is 2. The van der Waals surface area contributed by atoms with Crippen LogP contribution < -0.4 is 14.4 Å². The summed E-state index contributed by atoms with van der Waals surface area (Å²) in [6.07, 6.45) is 1.72. The van der Waals surface area contributed by atoms with Gasteiger partial charge >= 0.3 is 0 Å². The Bertz CT molecular complexity index is 1190. The van der Waals surface area contributed by atoms with Crippen LogP contribution in [0.15, 0.2) is 77.4 Å². The Morgan fingerprint density at radius 1 is 0.839 bits per heavy atom. The molecule has 0 bridgehead atoms. The summed E-state index contributed by atoms with van der Waals surface area (Å²) in [6, 6.07) is 19.6. The molecule has 0 spiro atoms. The highest BCUT2D eigenvalue weighted by Crippen LogP contribution is 2.32. The van der Waals surface area contributed by atoms with Gasteiger partial charge in [0.15, 0.2) is 11.5 Å².